The van der Waals surface area contributed by atoms with Gasteiger partial charge in [-0.15, -0.1) is 0 Å². The lowest BCUT2D eigenvalue weighted by Crippen LogP contribution is -2.41. The van der Waals surface area contributed by atoms with Gasteiger partial charge in [0, 0.05) is 16.9 Å². The monoisotopic (exact) mass is 293 g/mol. The van der Waals surface area contributed by atoms with Gasteiger partial charge in [-0.2, -0.15) is 0 Å². The summed E-state index contributed by atoms with van der Waals surface area (Å²) in [5.74, 6) is -0.722. The highest BCUT2D eigenvalue weighted by Crippen LogP contribution is 2.39. The van der Waals surface area contributed by atoms with Gasteiger partial charge in [-0.3, -0.25) is 10.8 Å². The normalized spacial score (nSPS) is 22.0. The molecule has 0 unspecified atom stereocenters. The molecule has 0 aromatic carbocycles. The average molecular weight is 293 g/mol. The first-order chi connectivity index (χ1) is 9.39. The first-order valence-electron chi connectivity index (χ1n) is 6.69. The maximum atomic E-state index is 7.55. The summed E-state index contributed by atoms with van der Waals surface area (Å²) in [6.45, 7) is 11.2. The summed E-state index contributed by atoms with van der Waals surface area (Å²) in [4.78, 5) is 3.99. The van der Waals surface area contributed by atoms with Crippen molar-refractivity contribution in [1.29, 1.82) is 10.8 Å². The molecule has 0 aliphatic carbocycles. The lowest BCUT2D eigenvalue weighted by atomic mass is 9.74. The molecule has 0 saturated carbocycles. The van der Waals surface area contributed by atoms with Gasteiger partial charge in [0.2, 0.25) is 0 Å². The number of allylic oxidation sites excluding steroid dienone is 2. The number of rotatable bonds is 2. The second-order valence-corrected chi connectivity index (χ2v) is 6.14. The van der Waals surface area contributed by atoms with E-state index < -0.39 is 24.2 Å². The van der Waals surface area contributed by atoms with Crippen molar-refractivity contribution < 1.29 is 9.31 Å². The van der Waals surface area contributed by atoms with Crippen LogP contribution in [0.15, 0.2) is 16.2 Å². The number of nitrogens with two attached hydrogens (primary N) is 2. The molecule has 6 N–H and O–H groups in total. The first kappa shape index (κ1) is 17.4. The smallest absolute Gasteiger partial charge is 0.402 e. The molecule has 0 aromatic heterocycles. The number of nitrogens with zero attached hydrogens (tertiary/aromatic N) is 1. The number of aliphatic imine (C=N–C) groups is 1. The van der Waals surface area contributed by atoms with E-state index in [1.165, 1.54) is 0 Å². The third-order valence-electron chi connectivity index (χ3n) is 3.84. The van der Waals surface area contributed by atoms with Crippen LogP contribution in [0.2, 0.25) is 0 Å². The lowest BCUT2D eigenvalue weighted by molar-refractivity contribution is 0.00578. The van der Waals surface area contributed by atoms with Crippen LogP contribution in [0, 0.1) is 10.8 Å². The van der Waals surface area contributed by atoms with Crippen molar-refractivity contribution in [2.75, 3.05) is 0 Å². The molecule has 1 saturated heterocycles. The number of nitrogens with one attached hydrogen (secondary N) is 2. The molecule has 0 spiro atoms. The van der Waals surface area contributed by atoms with E-state index in [9.17, 15) is 0 Å². The Labute approximate surface area is 125 Å². The molecule has 1 rings (SSSR count). The number of amidine groups is 2. The Morgan fingerprint density at radius 1 is 1.00 bits per heavy atom. The summed E-state index contributed by atoms with van der Waals surface area (Å²) in [5.41, 5.74) is 11.7. The van der Waals surface area contributed by atoms with Crippen molar-refractivity contribution in [3.8, 4) is 0 Å². The largest absolute Gasteiger partial charge is 0.498 e. The molecule has 1 aliphatic rings. The Balaban J connectivity index is 3.16. The SMILES string of the molecule is CC(=NC(=N)C(=N)N)C(B1OC(C)(C)C(C)(C)O1)=C(C)N. The van der Waals surface area contributed by atoms with E-state index >= 15 is 0 Å². The molecule has 0 amide bonds. The molecule has 8 heteroatoms. The van der Waals surface area contributed by atoms with E-state index in [4.69, 9.17) is 31.6 Å². The summed E-state index contributed by atoms with van der Waals surface area (Å²) in [6, 6.07) is 0. The Bertz CT molecular complexity index is 517. The average Bonchev–Trinajstić information content (AvgIpc) is 2.46. The second kappa shape index (κ2) is 5.61. The van der Waals surface area contributed by atoms with Crippen molar-refractivity contribution in [1.82, 2.24) is 0 Å². The van der Waals surface area contributed by atoms with Crippen molar-refractivity contribution in [2.45, 2.75) is 52.7 Å². The third-order valence-corrected chi connectivity index (χ3v) is 3.84. The van der Waals surface area contributed by atoms with Crippen LogP contribution in [0.5, 0.6) is 0 Å². The zero-order chi connectivity index (χ0) is 16.6. The molecule has 0 atom stereocenters. The maximum absolute atomic E-state index is 7.55. The van der Waals surface area contributed by atoms with Gasteiger partial charge in [-0.25, -0.2) is 4.99 Å². The highest BCUT2D eigenvalue weighted by molar-refractivity contribution is 6.63. The molecule has 1 heterocycles. The fourth-order valence-electron chi connectivity index (χ4n) is 1.89. The molecular formula is C13H24BN5O2. The minimum Gasteiger partial charge on any atom is -0.402 e. The predicted molar refractivity (Wildman–Crippen MR) is 85.7 cm³/mol. The van der Waals surface area contributed by atoms with Crippen LogP contribution in [-0.2, 0) is 9.31 Å². The van der Waals surface area contributed by atoms with Crippen molar-refractivity contribution in [3.05, 3.63) is 11.2 Å². The van der Waals surface area contributed by atoms with Crippen LogP contribution < -0.4 is 11.5 Å². The van der Waals surface area contributed by atoms with Crippen LogP contribution >= 0.6 is 0 Å². The van der Waals surface area contributed by atoms with Crippen LogP contribution in [0.1, 0.15) is 41.5 Å². The predicted octanol–water partition coefficient (Wildman–Crippen LogP) is 1.22. The van der Waals surface area contributed by atoms with Crippen LogP contribution in [0.4, 0.5) is 0 Å². The Morgan fingerprint density at radius 3 is 1.76 bits per heavy atom. The van der Waals surface area contributed by atoms with Crippen LogP contribution in [0.25, 0.3) is 0 Å². The molecule has 0 aromatic rings. The van der Waals surface area contributed by atoms with Gasteiger partial charge >= 0.3 is 7.12 Å². The second-order valence-electron chi connectivity index (χ2n) is 6.14. The van der Waals surface area contributed by atoms with E-state index in [-0.39, 0.29) is 5.84 Å². The fraction of sp³-hybridized carbons (Fsp3) is 0.615. The summed E-state index contributed by atoms with van der Waals surface area (Å²) in [7, 11) is -0.663. The summed E-state index contributed by atoms with van der Waals surface area (Å²) in [5, 5.41) is 14.8. The van der Waals surface area contributed by atoms with Gasteiger partial charge in [-0.1, -0.05) is 0 Å². The van der Waals surface area contributed by atoms with E-state index in [2.05, 4.69) is 4.99 Å². The van der Waals surface area contributed by atoms with E-state index in [0.29, 0.717) is 16.9 Å². The Kier molecular flexibility index (Phi) is 4.65. The quantitative estimate of drug-likeness (QED) is 0.346. The van der Waals surface area contributed by atoms with Crippen molar-refractivity contribution >= 4 is 24.5 Å². The van der Waals surface area contributed by atoms with Gasteiger partial charge in [0.25, 0.3) is 0 Å². The molecule has 21 heavy (non-hydrogen) atoms. The Morgan fingerprint density at radius 2 is 1.43 bits per heavy atom. The third kappa shape index (κ3) is 3.51. The molecule has 0 bridgehead atoms. The molecular weight excluding hydrogens is 269 g/mol. The van der Waals surface area contributed by atoms with Gasteiger partial charge in [0.1, 0.15) is 0 Å². The van der Waals surface area contributed by atoms with Gasteiger partial charge in [-0.05, 0) is 41.5 Å². The lowest BCUT2D eigenvalue weighted by Gasteiger charge is -2.32. The van der Waals surface area contributed by atoms with E-state index in [0.717, 1.165) is 0 Å². The zero-order valence-corrected chi connectivity index (χ0v) is 13.5. The highest BCUT2D eigenvalue weighted by atomic mass is 16.7. The van der Waals surface area contributed by atoms with Gasteiger partial charge in [0.05, 0.1) is 11.2 Å². The minimum absolute atomic E-state index is 0.317. The summed E-state index contributed by atoms with van der Waals surface area (Å²) >= 11 is 0. The highest BCUT2D eigenvalue weighted by Gasteiger charge is 2.53. The standard InChI is InChI=1S/C13H24BN5O2/c1-7(15)9(8(2)19-11(18)10(16)17)14-20-12(3,4)13(5,6)21-14/h18H,15H2,1-6H3,(H3,16,17). The van der Waals surface area contributed by atoms with E-state index in [1.54, 1.807) is 13.8 Å². The van der Waals surface area contributed by atoms with Gasteiger partial charge < -0.3 is 20.8 Å². The molecule has 7 nitrogen and oxygen atoms in total. The maximum Gasteiger partial charge on any atom is 0.498 e. The van der Waals surface area contributed by atoms with Crippen molar-refractivity contribution in [2.24, 2.45) is 16.5 Å². The summed E-state index contributed by atoms with van der Waals surface area (Å²) < 4.78 is 11.9. The summed E-state index contributed by atoms with van der Waals surface area (Å²) in [6.07, 6.45) is 0. The molecule has 116 valence electrons. The van der Waals surface area contributed by atoms with Gasteiger partial charge in [0.15, 0.2) is 11.7 Å². The fourth-order valence-corrected chi connectivity index (χ4v) is 1.89. The number of hydrogen-bond donors (Lipinski definition) is 4. The number of hydrogen-bond acceptors (Lipinski definition) is 5. The zero-order valence-electron chi connectivity index (χ0n) is 13.5. The molecule has 1 aliphatic heterocycles. The van der Waals surface area contributed by atoms with Crippen LogP contribution in [-0.4, -0.2) is 35.7 Å². The molecule has 1 fully saturated rings. The topological polar surface area (TPSA) is 131 Å². The van der Waals surface area contributed by atoms with Crippen molar-refractivity contribution in [3.63, 3.8) is 0 Å². The minimum atomic E-state index is -0.663. The first-order valence-corrected chi connectivity index (χ1v) is 6.69. The molecule has 0 radical (unpaired) electrons. The van der Waals surface area contributed by atoms with E-state index in [1.807, 2.05) is 27.7 Å². The van der Waals surface area contributed by atoms with Crippen LogP contribution in [0.3, 0.4) is 0 Å². The Hall–Kier alpha value is -1.67.